The van der Waals surface area contributed by atoms with E-state index in [-0.39, 0.29) is 0 Å². The molecule has 0 amide bonds. The van der Waals surface area contributed by atoms with Crippen molar-refractivity contribution in [2.75, 3.05) is 0 Å². The van der Waals surface area contributed by atoms with Crippen molar-refractivity contribution in [2.45, 2.75) is 32.1 Å². The van der Waals surface area contributed by atoms with Crippen molar-refractivity contribution in [2.24, 2.45) is 0 Å². The number of nitrogens with zero attached hydrogens (tertiary/aromatic N) is 3. The molecule has 0 N–H and O–H groups in total. The van der Waals surface area contributed by atoms with Gasteiger partial charge in [0.1, 0.15) is 5.01 Å². The number of imidazole rings is 1. The normalized spacial score (nSPS) is 17.9. The first kappa shape index (κ1) is 7.50. The largest absolute Gasteiger partial charge is 0.222 e. The zero-order chi connectivity index (χ0) is 8.84. The molecule has 0 unspecified atom stereocenters. The van der Waals surface area contributed by atoms with E-state index in [0.29, 0.717) is 5.92 Å². The lowest BCUT2D eigenvalue weighted by Crippen LogP contribution is -2.08. The molecule has 1 fully saturated rings. The van der Waals surface area contributed by atoms with Crippen molar-refractivity contribution < 1.29 is 0 Å². The maximum Gasteiger partial charge on any atom is 0.212 e. The topological polar surface area (TPSA) is 30.2 Å². The number of rotatable bonds is 1. The summed E-state index contributed by atoms with van der Waals surface area (Å²) >= 11 is 1.67. The third-order valence-corrected chi connectivity index (χ3v) is 3.52. The summed E-state index contributed by atoms with van der Waals surface area (Å²) in [6.07, 6.45) is 6.07. The summed E-state index contributed by atoms with van der Waals surface area (Å²) in [7, 11) is 0. The molecular formula is C9H11N3S. The van der Waals surface area contributed by atoms with E-state index >= 15 is 0 Å². The van der Waals surface area contributed by atoms with Gasteiger partial charge in [-0.3, -0.25) is 0 Å². The molecule has 3 rings (SSSR count). The van der Waals surface area contributed by atoms with Crippen LogP contribution in [0.2, 0.25) is 0 Å². The van der Waals surface area contributed by atoms with E-state index in [0.717, 1.165) is 9.97 Å². The molecule has 1 aliphatic carbocycles. The van der Waals surface area contributed by atoms with E-state index in [4.69, 9.17) is 0 Å². The van der Waals surface area contributed by atoms with Gasteiger partial charge < -0.3 is 0 Å². The van der Waals surface area contributed by atoms with Gasteiger partial charge in [0.25, 0.3) is 0 Å². The van der Waals surface area contributed by atoms with Crippen LogP contribution in [-0.4, -0.2) is 14.6 Å². The zero-order valence-corrected chi connectivity index (χ0v) is 8.34. The molecule has 2 aromatic heterocycles. The van der Waals surface area contributed by atoms with Crippen molar-refractivity contribution in [1.82, 2.24) is 14.6 Å². The molecule has 0 aromatic carbocycles. The second-order valence-electron chi connectivity index (χ2n) is 3.64. The van der Waals surface area contributed by atoms with Crippen LogP contribution < -0.4 is 0 Å². The Bertz CT molecular complexity index is 407. The number of aromatic nitrogens is 3. The van der Waals surface area contributed by atoms with Crippen LogP contribution in [0, 0.1) is 6.92 Å². The Labute approximate surface area is 80.4 Å². The predicted octanol–water partition coefficient (Wildman–Crippen LogP) is 2.37. The van der Waals surface area contributed by atoms with Gasteiger partial charge in [-0.25, -0.2) is 9.50 Å². The van der Waals surface area contributed by atoms with Gasteiger partial charge in [-0.1, -0.05) is 17.8 Å². The van der Waals surface area contributed by atoms with E-state index in [1.54, 1.807) is 11.3 Å². The van der Waals surface area contributed by atoms with E-state index < -0.39 is 0 Å². The van der Waals surface area contributed by atoms with Gasteiger partial charge in [0.2, 0.25) is 4.96 Å². The van der Waals surface area contributed by atoms with Crippen LogP contribution in [0.15, 0.2) is 6.20 Å². The molecule has 68 valence electrons. The Morgan fingerprint density at radius 1 is 1.54 bits per heavy atom. The molecule has 3 nitrogen and oxygen atoms in total. The molecular weight excluding hydrogens is 182 g/mol. The van der Waals surface area contributed by atoms with Gasteiger partial charge in [0.15, 0.2) is 0 Å². The van der Waals surface area contributed by atoms with Crippen molar-refractivity contribution in [3.63, 3.8) is 0 Å². The average molecular weight is 193 g/mol. The highest BCUT2D eigenvalue weighted by molar-refractivity contribution is 7.16. The van der Waals surface area contributed by atoms with Crippen LogP contribution >= 0.6 is 11.3 Å². The molecule has 2 aromatic rings. The highest BCUT2D eigenvalue weighted by atomic mass is 32.1. The standard InChI is InChI=1S/C9H11N3S/c1-6-11-12-5-8(7-3-2-4-7)10-9(12)13-6/h5,7H,2-4H2,1H3. The van der Waals surface area contributed by atoms with E-state index in [9.17, 15) is 0 Å². The summed E-state index contributed by atoms with van der Waals surface area (Å²) in [6, 6.07) is 0. The monoisotopic (exact) mass is 193 g/mol. The SMILES string of the molecule is Cc1nn2cc(C3CCC3)nc2s1. The van der Waals surface area contributed by atoms with Gasteiger partial charge in [0, 0.05) is 5.92 Å². The Morgan fingerprint density at radius 2 is 2.38 bits per heavy atom. The second-order valence-corrected chi connectivity index (χ2v) is 4.80. The summed E-state index contributed by atoms with van der Waals surface area (Å²) in [5.74, 6) is 0.717. The number of hydrogen-bond acceptors (Lipinski definition) is 3. The number of hydrogen-bond donors (Lipinski definition) is 0. The lowest BCUT2D eigenvalue weighted by molar-refractivity contribution is 0.412. The van der Waals surface area contributed by atoms with Crippen molar-refractivity contribution in [3.8, 4) is 0 Å². The third-order valence-electron chi connectivity index (χ3n) is 2.69. The van der Waals surface area contributed by atoms with Gasteiger partial charge in [-0.15, -0.1) is 0 Å². The predicted molar refractivity (Wildman–Crippen MR) is 52.2 cm³/mol. The van der Waals surface area contributed by atoms with Gasteiger partial charge in [-0.05, 0) is 19.8 Å². The van der Waals surface area contributed by atoms with E-state index in [1.165, 1.54) is 25.0 Å². The summed E-state index contributed by atoms with van der Waals surface area (Å²) < 4.78 is 1.91. The zero-order valence-electron chi connectivity index (χ0n) is 7.53. The molecule has 13 heavy (non-hydrogen) atoms. The lowest BCUT2D eigenvalue weighted by atomic mass is 9.83. The van der Waals surface area contributed by atoms with Crippen molar-refractivity contribution in [3.05, 3.63) is 16.9 Å². The highest BCUT2D eigenvalue weighted by Crippen LogP contribution is 2.35. The quantitative estimate of drug-likeness (QED) is 0.696. The van der Waals surface area contributed by atoms with Gasteiger partial charge in [-0.2, -0.15) is 5.10 Å². The Balaban J connectivity index is 2.06. The summed E-state index contributed by atoms with van der Waals surface area (Å²) in [5.41, 5.74) is 1.24. The van der Waals surface area contributed by atoms with Crippen LogP contribution in [0.4, 0.5) is 0 Å². The van der Waals surface area contributed by atoms with Crippen molar-refractivity contribution >= 4 is 16.3 Å². The fourth-order valence-corrected chi connectivity index (χ4v) is 2.45. The number of fused-ring (bicyclic) bond motifs is 1. The van der Waals surface area contributed by atoms with Crippen molar-refractivity contribution in [1.29, 1.82) is 0 Å². The second kappa shape index (κ2) is 2.54. The fraction of sp³-hybridized carbons (Fsp3) is 0.556. The first-order valence-electron chi connectivity index (χ1n) is 4.65. The highest BCUT2D eigenvalue weighted by Gasteiger charge is 2.22. The Kier molecular flexibility index (Phi) is 1.47. The Hall–Kier alpha value is -0.900. The summed E-state index contributed by atoms with van der Waals surface area (Å²) in [6.45, 7) is 2.02. The van der Waals surface area contributed by atoms with Gasteiger partial charge >= 0.3 is 0 Å². The van der Waals surface area contributed by atoms with E-state index in [1.807, 2.05) is 11.4 Å². The van der Waals surface area contributed by atoms with Crippen LogP contribution in [0.1, 0.15) is 35.9 Å². The van der Waals surface area contributed by atoms with E-state index in [2.05, 4.69) is 16.3 Å². The maximum atomic E-state index is 4.57. The summed E-state index contributed by atoms with van der Waals surface area (Å²) in [5, 5.41) is 5.43. The lowest BCUT2D eigenvalue weighted by Gasteiger charge is -2.22. The molecule has 0 radical (unpaired) electrons. The number of aryl methyl sites for hydroxylation is 1. The maximum absolute atomic E-state index is 4.57. The van der Waals surface area contributed by atoms with Gasteiger partial charge in [0.05, 0.1) is 11.9 Å². The minimum atomic E-state index is 0.717. The minimum Gasteiger partial charge on any atom is -0.222 e. The first-order valence-corrected chi connectivity index (χ1v) is 5.47. The van der Waals surface area contributed by atoms with Crippen LogP contribution in [-0.2, 0) is 0 Å². The summed E-state index contributed by atoms with van der Waals surface area (Å²) in [4.78, 5) is 5.62. The fourth-order valence-electron chi connectivity index (χ4n) is 1.72. The molecule has 0 atom stereocenters. The molecule has 0 aliphatic heterocycles. The minimum absolute atomic E-state index is 0.717. The molecule has 1 saturated carbocycles. The van der Waals surface area contributed by atoms with Crippen LogP contribution in [0.25, 0.3) is 4.96 Å². The Morgan fingerprint density at radius 3 is 3.00 bits per heavy atom. The molecule has 2 heterocycles. The molecule has 1 aliphatic rings. The molecule has 0 bridgehead atoms. The molecule has 4 heteroatoms. The third kappa shape index (κ3) is 1.09. The first-order chi connectivity index (χ1) is 6.33. The van der Waals surface area contributed by atoms with Crippen LogP contribution in [0.3, 0.4) is 0 Å². The average Bonchev–Trinajstić information content (AvgIpc) is 2.39. The molecule has 0 spiro atoms. The van der Waals surface area contributed by atoms with Crippen LogP contribution in [0.5, 0.6) is 0 Å². The molecule has 0 saturated heterocycles. The smallest absolute Gasteiger partial charge is 0.212 e.